The van der Waals surface area contributed by atoms with E-state index in [2.05, 4.69) is 27.0 Å². The zero-order valence-corrected chi connectivity index (χ0v) is 10.3. The number of aromatic nitrogens is 4. The van der Waals surface area contributed by atoms with Crippen LogP contribution in [-0.4, -0.2) is 38.0 Å². The Bertz CT molecular complexity index is 656. The second kappa shape index (κ2) is 5.96. The second-order valence-corrected chi connectivity index (χ2v) is 3.80. The van der Waals surface area contributed by atoms with E-state index in [9.17, 15) is 4.79 Å². The van der Waals surface area contributed by atoms with Crippen LogP contribution in [0.25, 0.3) is 11.0 Å². The minimum atomic E-state index is -0.242. The Morgan fingerprint density at radius 3 is 3.11 bits per heavy atom. The third kappa shape index (κ3) is 2.89. The third-order valence-electron chi connectivity index (χ3n) is 2.47. The van der Waals surface area contributed by atoms with Crippen LogP contribution in [0.5, 0.6) is 0 Å². The summed E-state index contributed by atoms with van der Waals surface area (Å²) >= 11 is 0. The molecule has 2 heterocycles. The van der Waals surface area contributed by atoms with Crippen LogP contribution < -0.4 is 10.9 Å². The van der Waals surface area contributed by atoms with Crippen molar-refractivity contribution < 1.29 is 5.11 Å². The molecule has 0 saturated heterocycles. The Hall–Kier alpha value is -2.41. The molecule has 0 saturated carbocycles. The van der Waals surface area contributed by atoms with Gasteiger partial charge in [0.2, 0.25) is 5.95 Å². The van der Waals surface area contributed by atoms with Gasteiger partial charge in [0, 0.05) is 6.54 Å². The van der Waals surface area contributed by atoms with Crippen molar-refractivity contribution in [3.05, 3.63) is 41.4 Å². The highest BCUT2D eigenvalue weighted by molar-refractivity contribution is 5.74. The lowest BCUT2D eigenvalue weighted by molar-refractivity contribution is 0.342. The minimum absolute atomic E-state index is 0.0171. The van der Waals surface area contributed by atoms with Gasteiger partial charge in [0.05, 0.1) is 19.3 Å². The van der Waals surface area contributed by atoms with Gasteiger partial charge in [-0.15, -0.1) is 6.58 Å². The van der Waals surface area contributed by atoms with Gasteiger partial charge in [-0.25, -0.2) is 4.68 Å². The first-order valence-electron chi connectivity index (χ1n) is 5.82. The van der Waals surface area contributed by atoms with Crippen LogP contribution in [0.3, 0.4) is 0 Å². The molecule has 7 heteroatoms. The van der Waals surface area contributed by atoms with Crippen LogP contribution in [0.15, 0.2) is 35.8 Å². The lowest BCUT2D eigenvalue weighted by Gasteiger charge is -2.03. The Labute approximate surface area is 109 Å². The fourth-order valence-corrected chi connectivity index (χ4v) is 1.62. The average Bonchev–Trinajstić information content (AvgIpc) is 2.79. The summed E-state index contributed by atoms with van der Waals surface area (Å²) in [7, 11) is 0. The predicted octanol–water partition coefficient (Wildman–Crippen LogP) is 0.266. The number of nitrogens with zero attached hydrogens (tertiary/aromatic N) is 3. The Morgan fingerprint density at radius 1 is 1.53 bits per heavy atom. The van der Waals surface area contributed by atoms with E-state index >= 15 is 0 Å². The van der Waals surface area contributed by atoms with Crippen molar-refractivity contribution >= 4 is 17.0 Å². The van der Waals surface area contributed by atoms with Gasteiger partial charge in [-0.05, 0) is 0 Å². The van der Waals surface area contributed by atoms with Gasteiger partial charge in [-0.2, -0.15) is 10.1 Å². The highest BCUT2D eigenvalue weighted by atomic mass is 16.2. The van der Waals surface area contributed by atoms with Crippen molar-refractivity contribution in [1.82, 2.24) is 19.7 Å². The van der Waals surface area contributed by atoms with E-state index in [1.165, 1.54) is 6.20 Å². The number of H-pyrrole nitrogens is 1. The predicted molar refractivity (Wildman–Crippen MR) is 73.1 cm³/mol. The molecule has 0 aromatic carbocycles. The minimum Gasteiger partial charge on any atom is -0.392 e. The van der Waals surface area contributed by atoms with Gasteiger partial charge >= 0.3 is 0 Å². The molecule has 0 spiro atoms. The highest BCUT2D eigenvalue weighted by Crippen LogP contribution is 2.08. The number of hydrogen-bond donors (Lipinski definition) is 3. The van der Waals surface area contributed by atoms with E-state index < -0.39 is 0 Å². The van der Waals surface area contributed by atoms with E-state index in [-0.39, 0.29) is 12.2 Å². The first kappa shape index (κ1) is 13.0. The molecule has 0 atom stereocenters. The SMILES string of the molecule is C=CCn1ncc2c(=O)[nH]c(NC/C=C/CO)nc21. The van der Waals surface area contributed by atoms with E-state index in [0.717, 1.165) is 0 Å². The molecule has 0 aliphatic rings. The molecule has 0 unspecified atom stereocenters. The van der Waals surface area contributed by atoms with Crippen LogP contribution in [0.1, 0.15) is 0 Å². The molecule has 7 nitrogen and oxygen atoms in total. The molecule has 0 aliphatic heterocycles. The summed E-state index contributed by atoms with van der Waals surface area (Å²) in [6, 6.07) is 0. The van der Waals surface area contributed by atoms with Crippen molar-refractivity contribution in [3.8, 4) is 0 Å². The fourth-order valence-electron chi connectivity index (χ4n) is 1.62. The number of allylic oxidation sites excluding steroid dienone is 1. The molecule has 19 heavy (non-hydrogen) atoms. The van der Waals surface area contributed by atoms with E-state index in [1.807, 2.05) is 0 Å². The van der Waals surface area contributed by atoms with Gasteiger partial charge in [0.25, 0.3) is 5.56 Å². The van der Waals surface area contributed by atoms with Gasteiger partial charge in [0.15, 0.2) is 5.65 Å². The summed E-state index contributed by atoms with van der Waals surface area (Å²) in [6.45, 7) is 4.57. The number of anilines is 1. The second-order valence-electron chi connectivity index (χ2n) is 3.80. The lowest BCUT2D eigenvalue weighted by Crippen LogP contribution is -2.14. The van der Waals surface area contributed by atoms with Gasteiger partial charge in [-0.3, -0.25) is 9.78 Å². The van der Waals surface area contributed by atoms with Gasteiger partial charge < -0.3 is 10.4 Å². The standard InChI is InChI=1S/C12H15N5O2/c1-2-6-17-10-9(8-14-17)11(19)16-12(15-10)13-5-3-4-7-18/h2-4,8,18H,1,5-7H2,(H2,13,15,16,19)/b4-3+. The number of rotatable bonds is 6. The largest absolute Gasteiger partial charge is 0.392 e. The molecule has 0 fully saturated rings. The van der Waals surface area contributed by atoms with Crippen molar-refractivity contribution in [2.24, 2.45) is 0 Å². The van der Waals surface area contributed by atoms with Gasteiger partial charge in [0.1, 0.15) is 5.39 Å². The molecule has 3 N–H and O–H groups in total. The molecule has 0 aliphatic carbocycles. The van der Waals surface area contributed by atoms with Crippen LogP contribution in [0, 0.1) is 0 Å². The molecule has 2 aromatic heterocycles. The van der Waals surface area contributed by atoms with E-state index in [1.54, 1.807) is 22.9 Å². The topological polar surface area (TPSA) is 95.8 Å². The van der Waals surface area contributed by atoms with Crippen LogP contribution in [-0.2, 0) is 6.54 Å². The number of aromatic amines is 1. The summed E-state index contributed by atoms with van der Waals surface area (Å²) in [4.78, 5) is 18.8. The summed E-state index contributed by atoms with van der Waals surface area (Å²) < 4.78 is 1.60. The van der Waals surface area contributed by atoms with Crippen molar-refractivity contribution in [2.45, 2.75) is 6.54 Å². The van der Waals surface area contributed by atoms with Gasteiger partial charge in [-0.1, -0.05) is 18.2 Å². The Balaban J connectivity index is 2.30. The summed E-state index contributed by atoms with van der Waals surface area (Å²) in [5.74, 6) is 0.367. The number of hydrogen-bond acceptors (Lipinski definition) is 5. The molecular weight excluding hydrogens is 246 g/mol. The molecule has 0 amide bonds. The number of nitrogens with one attached hydrogen (secondary N) is 2. The van der Waals surface area contributed by atoms with Crippen molar-refractivity contribution in [3.63, 3.8) is 0 Å². The maximum Gasteiger partial charge on any atom is 0.263 e. The molecule has 100 valence electrons. The Morgan fingerprint density at radius 2 is 2.37 bits per heavy atom. The van der Waals surface area contributed by atoms with Crippen LogP contribution in [0.2, 0.25) is 0 Å². The average molecular weight is 261 g/mol. The fraction of sp³-hybridized carbons (Fsp3) is 0.250. The third-order valence-corrected chi connectivity index (χ3v) is 2.47. The first-order chi connectivity index (χ1) is 9.26. The summed E-state index contributed by atoms with van der Waals surface area (Å²) in [6.07, 6.45) is 6.52. The normalized spacial score (nSPS) is 11.2. The number of aliphatic hydroxyl groups excluding tert-OH is 1. The number of fused-ring (bicyclic) bond motifs is 1. The zero-order chi connectivity index (χ0) is 13.7. The summed E-state index contributed by atoms with van der Waals surface area (Å²) in [5.41, 5.74) is 0.270. The molecule has 0 bridgehead atoms. The lowest BCUT2D eigenvalue weighted by atomic mass is 10.4. The molecule has 2 aromatic rings. The van der Waals surface area contributed by atoms with E-state index in [4.69, 9.17) is 5.11 Å². The quantitative estimate of drug-likeness (QED) is 0.648. The monoisotopic (exact) mass is 261 g/mol. The molecule has 0 radical (unpaired) electrons. The van der Waals surface area contributed by atoms with E-state index in [0.29, 0.717) is 30.1 Å². The summed E-state index contributed by atoms with van der Waals surface area (Å²) in [5, 5.41) is 16.1. The smallest absolute Gasteiger partial charge is 0.263 e. The van der Waals surface area contributed by atoms with Crippen LogP contribution >= 0.6 is 0 Å². The maximum atomic E-state index is 11.8. The molecule has 2 rings (SSSR count). The Kier molecular flexibility index (Phi) is 4.09. The zero-order valence-electron chi connectivity index (χ0n) is 10.3. The van der Waals surface area contributed by atoms with Crippen molar-refractivity contribution in [2.75, 3.05) is 18.5 Å². The molecular formula is C12H15N5O2. The first-order valence-corrected chi connectivity index (χ1v) is 5.82. The maximum absolute atomic E-state index is 11.8. The van der Waals surface area contributed by atoms with Crippen LogP contribution in [0.4, 0.5) is 5.95 Å². The van der Waals surface area contributed by atoms with Crippen molar-refractivity contribution in [1.29, 1.82) is 0 Å². The highest BCUT2D eigenvalue weighted by Gasteiger charge is 2.08. The number of aliphatic hydroxyl groups is 1.